The lowest BCUT2D eigenvalue weighted by Crippen LogP contribution is -2.28. The largest absolute Gasteiger partial charge is 0.478 e. The molecule has 0 bridgehead atoms. The molecule has 0 amide bonds. The molecule has 0 aromatic carbocycles. The first kappa shape index (κ1) is 13.1. The highest BCUT2D eigenvalue weighted by Crippen LogP contribution is 2.24. The molecule has 1 unspecified atom stereocenters. The van der Waals surface area contributed by atoms with Crippen molar-refractivity contribution in [2.45, 2.75) is 25.3 Å². The molecule has 0 saturated carbocycles. The summed E-state index contributed by atoms with van der Waals surface area (Å²) < 4.78 is 0.654. The van der Waals surface area contributed by atoms with Crippen molar-refractivity contribution in [3.63, 3.8) is 0 Å². The van der Waals surface area contributed by atoms with E-state index >= 15 is 0 Å². The smallest absolute Gasteiger partial charge is 0.339 e. The molecule has 1 atom stereocenters. The van der Waals surface area contributed by atoms with E-state index in [0.717, 1.165) is 19.3 Å². The Kier molecular flexibility index (Phi) is 3.43. The van der Waals surface area contributed by atoms with Crippen molar-refractivity contribution in [1.29, 1.82) is 0 Å². The number of carboxylic acids is 1. The van der Waals surface area contributed by atoms with Crippen LogP contribution in [0.3, 0.4) is 0 Å². The topological polar surface area (TPSA) is 90.9 Å². The van der Waals surface area contributed by atoms with Crippen LogP contribution in [0.15, 0.2) is 22.9 Å². The summed E-state index contributed by atoms with van der Waals surface area (Å²) in [4.78, 5) is 15.4. The maximum absolute atomic E-state index is 11.3. The number of rotatable bonds is 3. The molecular formula is C13H13BrN4O2. The van der Waals surface area contributed by atoms with Gasteiger partial charge in [0.25, 0.3) is 0 Å². The Morgan fingerprint density at radius 1 is 1.50 bits per heavy atom. The van der Waals surface area contributed by atoms with Crippen molar-refractivity contribution in [2.75, 3.05) is 5.32 Å². The number of aromatic amines is 1. The van der Waals surface area contributed by atoms with Gasteiger partial charge in [-0.25, -0.2) is 9.78 Å². The molecule has 6 nitrogen and oxygen atoms in total. The van der Waals surface area contributed by atoms with E-state index in [4.69, 9.17) is 0 Å². The number of H-pyrrole nitrogens is 1. The third-order valence-corrected chi connectivity index (χ3v) is 3.88. The number of aromatic nitrogens is 3. The van der Waals surface area contributed by atoms with Gasteiger partial charge in [0.2, 0.25) is 0 Å². The van der Waals surface area contributed by atoms with Crippen LogP contribution in [0.2, 0.25) is 0 Å². The third-order valence-electron chi connectivity index (χ3n) is 3.44. The zero-order valence-electron chi connectivity index (χ0n) is 10.6. The van der Waals surface area contributed by atoms with E-state index in [1.54, 1.807) is 12.3 Å². The first-order chi connectivity index (χ1) is 9.63. The summed E-state index contributed by atoms with van der Waals surface area (Å²) in [5.41, 5.74) is 2.53. The molecule has 1 aliphatic rings. The number of nitrogens with zero attached hydrogens (tertiary/aromatic N) is 2. The zero-order chi connectivity index (χ0) is 14.1. The second-order valence-electron chi connectivity index (χ2n) is 4.81. The molecule has 3 N–H and O–H groups in total. The third kappa shape index (κ3) is 2.53. The molecule has 1 aliphatic carbocycles. The van der Waals surface area contributed by atoms with Gasteiger partial charge in [-0.2, -0.15) is 5.10 Å². The Morgan fingerprint density at radius 3 is 3.15 bits per heavy atom. The number of carbonyl (C=O) groups is 1. The Morgan fingerprint density at radius 2 is 2.35 bits per heavy atom. The molecule has 0 fully saturated rings. The average molecular weight is 337 g/mol. The summed E-state index contributed by atoms with van der Waals surface area (Å²) in [6.07, 6.45) is 6.08. The first-order valence-electron chi connectivity index (χ1n) is 6.30. The average Bonchev–Trinajstić information content (AvgIpc) is 2.88. The van der Waals surface area contributed by atoms with Gasteiger partial charge < -0.3 is 10.4 Å². The molecule has 2 aromatic heterocycles. The van der Waals surface area contributed by atoms with Crippen LogP contribution in [-0.2, 0) is 12.8 Å². The van der Waals surface area contributed by atoms with E-state index in [1.165, 1.54) is 11.3 Å². The number of fused-ring (bicyclic) bond motifs is 1. The van der Waals surface area contributed by atoms with Crippen molar-refractivity contribution in [3.8, 4) is 0 Å². The maximum Gasteiger partial charge on any atom is 0.339 e. The minimum atomic E-state index is -0.985. The fourth-order valence-electron chi connectivity index (χ4n) is 2.45. The minimum Gasteiger partial charge on any atom is -0.478 e. The van der Waals surface area contributed by atoms with E-state index in [2.05, 4.69) is 36.4 Å². The summed E-state index contributed by atoms with van der Waals surface area (Å²) in [7, 11) is 0. The van der Waals surface area contributed by atoms with Gasteiger partial charge in [0, 0.05) is 22.4 Å². The number of aromatic carboxylic acids is 1. The van der Waals surface area contributed by atoms with Crippen LogP contribution in [-0.4, -0.2) is 32.3 Å². The van der Waals surface area contributed by atoms with Crippen molar-refractivity contribution < 1.29 is 9.90 Å². The van der Waals surface area contributed by atoms with E-state index < -0.39 is 5.97 Å². The summed E-state index contributed by atoms with van der Waals surface area (Å²) in [6.45, 7) is 0. The second kappa shape index (κ2) is 5.24. The van der Waals surface area contributed by atoms with Crippen molar-refractivity contribution >= 4 is 27.7 Å². The number of nitrogens with one attached hydrogen (secondary N) is 2. The Balaban J connectivity index is 1.81. The Hall–Kier alpha value is -1.89. The van der Waals surface area contributed by atoms with Crippen molar-refractivity contribution in [1.82, 2.24) is 15.2 Å². The second-order valence-corrected chi connectivity index (χ2v) is 5.73. The van der Waals surface area contributed by atoms with Gasteiger partial charge in [-0.3, -0.25) is 5.10 Å². The molecule has 104 valence electrons. The highest BCUT2D eigenvalue weighted by Gasteiger charge is 2.22. The predicted molar refractivity (Wildman–Crippen MR) is 76.9 cm³/mol. The van der Waals surface area contributed by atoms with Crippen LogP contribution >= 0.6 is 15.9 Å². The lowest BCUT2D eigenvalue weighted by atomic mass is 9.93. The number of pyridine rings is 1. The van der Waals surface area contributed by atoms with E-state index in [1.807, 2.05) is 6.20 Å². The molecule has 7 heteroatoms. The molecule has 2 aromatic rings. The van der Waals surface area contributed by atoms with Crippen LogP contribution < -0.4 is 5.32 Å². The summed E-state index contributed by atoms with van der Waals surface area (Å²) in [5, 5.41) is 19.5. The quantitative estimate of drug-likeness (QED) is 0.799. The van der Waals surface area contributed by atoms with Gasteiger partial charge >= 0.3 is 5.97 Å². The number of anilines is 1. The summed E-state index contributed by atoms with van der Waals surface area (Å²) >= 11 is 3.24. The van der Waals surface area contributed by atoms with Gasteiger partial charge in [0.15, 0.2) is 0 Å². The molecule has 0 aliphatic heterocycles. The molecule has 0 saturated heterocycles. The lowest BCUT2D eigenvalue weighted by Gasteiger charge is -2.24. The predicted octanol–water partition coefficient (Wildman–Crippen LogP) is 2.23. The van der Waals surface area contributed by atoms with Gasteiger partial charge in [-0.05, 0) is 46.8 Å². The molecule has 3 rings (SSSR count). The number of halogens is 1. The van der Waals surface area contributed by atoms with Crippen LogP contribution in [0.1, 0.15) is 28.0 Å². The minimum absolute atomic E-state index is 0.173. The van der Waals surface area contributed by atoms with Gasteiger partial charge in [-0.1, -0.05) is 0 Å². The standard InChI is InChI=1S/C13H13BrN4O2/c14-8-4-10(13(19)20)12(15-6-8)17-9-1-2-11-7(3-9)5-16-18-11/h4-6,9H,1-3H2,(H,15,17)(H,16,18)(H,19,20). The van der Waals surface area contributed by atoms with E-state index in [0.29, 0.717) is 10.3 Å². The van der Waals surface area contributed by atoms with Crippen LogP contribution in [0.5, 0.6) is 0 Å². The van der Waals surface area contributed by atoms with Gasteiger partial charge in [0.1, 0.15) is 11.4 Å². The van der Waals surface area contributed by atoms with Gasteiger partial charge in [-0.15, -0.1) is 0 Å². The normalized spacial score (nSPS) is 17.6. The van der Waals surface area contributed by atoms with E-state index in [-0.39, 0.29) is 11.6 Å². The Bertz CT molecular complexity index is 656. The maximum atomic E-state index is 11.3. The molecular weight excluding hydrogens is 324 g/mol. The Labute approximate surface area is 123 Å². The highest BCUT2D eigenvalue weighted by molar-refractivity contribution is 9.10. The number of hydrogen-bond acceptors (Lipinski definition) is 4. The van der Waals surface area contributed by atoms with E-state index in [9.17, 15) is 9.90 Å². The van der Waals surface area contributed by atoms with Crippen LogP contribution in [0, 0.1) is 0 Å². The summed E-state index contributed by atoms with van der Waals surface area (Å²) in [6, 6.07) is 1.73. The fourth-order valence-corrected chi connectivity index (χ4v) is 2.78. The number of carboxylic acid groups (broad SMARTS) is 1. The first-order valence-corrected chi connectivity index (χ1v) is 7.09. The monoisotopic (exact) mass is 336 g/mol. The van der Waals surface area contributed by atoms with Gasteiger partial charge in [0.05, 0.1) is 6.20 Å². The van der Waals surface area contributed by atoms with Crippen molar-refractivity contribution in [2.24, 2.45) is 0 Å². The fraction of sp³-hybridized carbons (Fsp3) is 0.308. The lowest BCUT2D eigenvalue weighted by molar-refractivity contribution is 0.0697. The summed E-state index contributed by atoms with van der Waals surface area (Å²) in [5.74, 6) is -0.571. The number of hydrogen-bond donors (Lipinski definition) is 3. The zero-order valence-corrected chi connectivity index (χ0v) is 12.1. The van der Waals surface area contributed by atoms with Crippen molar-refractivity contribution in [3.05, 3.63) is 39.8 Å². The molecule has 2 heterocycles. The molecule has 20 heavy (non-hydrogen) atoms. The van der Waals surface area contributed by atoms with Crippen LogP contribution in [0.25, 0.3) is 0 Å². The SMILES string of the molecule is O=C(O)c1cc(Br)cnc1NC1CCc2[nH]ncc2C1. The molecule has 0 spiro atoms. The number of aryl methyl sites for hydroxylation is 1. The highest BCUT2D eigenvalue weighted by atomic mass is 79.9. The molecule has 0 radical (unpaired) electrons. The van der Waals surface area contributed by atoms with Crippen LogP contribution in [0.4, 0.5) is 5.82 Å².